The van der Waals surface area contributed by atoms with Crippen LogP contribution in [0.2, 0.25) is 0 Å². The summed E-state index contributed by atoms with van der Waals surface area (Å²) in [5.41, 5.74) is 2.67. The number of nitrogens with zero attached hydrogens (tertiary/aromatic N) is 3. The van der Waals surface area contributed by atoms with E-state index < -0.39 is 11.6 Å². The first-order chi connectivity index (χ1) is 15.2. The van der Waals surface area contributed by atoms with Crippen molar-refractivity contribution in [3.63, 3.8) is 0 Å². The molecule has 0 atom stereocenters. The number of nitrogens with one attached hydrogen (secondary N) is 1. The lowest BCUT2D eigenvalue weighted by molar-refractivity contribution is 0.123. The van der Waals surface area contributed by atoms with Gasteiger partial charge in [0.2, 0.25) is 5.95 Å². The molecule has 0 spiro atoms. The Hall–Kier alpha value is -3.58. The Morgan fingerprint density at radius 1 is 0.871 bits per heavy atom. The molecule has 2 heterocycles. The van der Waals surface area contributed by atoms with Gasteiger partial charge in [0.25, 0.3) is 0 Å². The fourth-order valence-corrected chi connectivity index (χ4v) is 3.85. The summed E-state index contributed by atoms with van der Waals surface area (Å²) in [5.74, 6) is -0.894. The minimum absolute atomic E-state index is 0.0912. The summed E-state index contributed by atoms with van der Waals surface area (Å²) in [6, 6.07) is 17.0. The van der Waals surface area contributed by atoms with E-state index in [1.807, 2.05) is 30.3 Å². The van der Waals surface area contributed by atoms with E-state index in [1.54, 1.807) is 18.3 Å². The number of aromatic nitrogens is 2. The maximum absolute atomic E-state index is 14.5. The summed E-state index contributed by atoms with van der Waals surface area (Å²) in [6.07, 6.45) is 1.66. The van der Waals surface area contributed by atoms with Crippen molar-refractivity contribution in [1.29, 1.82) is 0 Å². The number of morpholine rings is 1. The molecule has 31 heavy (non-hydrogen) atoms. The van der Waals surface area contributed by atoms with Gasteiger partial charge in [-0.3, -0.25) is 0 Å². The van der Waals surface area contributed by atoms with Crippen LogP contribution in [0.1, 0.15) is 0 Å². The van der Waals surface area contributed by atoms with Gasteiger partial charge in [-0.15, -0.1) is 0 Å². The molecule has 5 rings (SSSR count). The largest absolute Gasteiger partial charge is 0.378 e. The van der Waals surface area contributed by atoms with Crippen LogP contribution < -0.4 is 10.2 Å². The fraction of sp³-hybridized carbons (Fsp3) is 0.167. The molecule has 1 fully saturated rings. The van der Waals surface area contributed by atoms with Crippen LogP contribution >= 0.6 is 0 Å². The van der Waals surface area contributed by atoms with Crippen LogP contribution in [0.4, 0.5) is 26.1 Å². The minimum atomic E-state index is -0.627. The third kappa shape index (κ3) is 3.80. The van der Waals surface area contributed by atoms with Gasteiger partial charge in [-0.25, -0.2) is 18.7 Å². The zero-order valence-electron chi connectivity index (χ0n) is 16.7. The van der Waals surface area contributed by atoms with Gasteiger partial charge in [0, 0.05) is 30.2 Å². The van der Waals surface area contributed by atoms with Gasteiger partial charge >= 0.3 is 0 Å². The Kier molecular flexibility index (Phi) is 5.18. The zero-order valence-corrected chi connectivity index (χ0v) is 16.7. The molecule has 7 heteroatoms. The average Bonchev–Trinajstić information content (AvgIpc) is 2.80. The van der Waals surface area contributed by atoms with Gasteiger partial charge in [-0.1, -0.05) is 36.4 Å². The van der Waals surface area contributed by atoms with Crippen molar-refractivity contribution in [3.8, 4) is 11.1 Å². The van der Waals surface area contributed by atoms with E-state index in [0.717, 1.165) is 24.5 Å². The molecule has 0 radical (unpaired) electrons. The van der Waals surface area contributed by atoms with Crippen molar-refractivity contribution in [3.05, 3.63) is 78.5 Å². The van der Waals surface area contributed by atoms with E-state index in [0.29, 0.717) is 35.6 Å². The van der Waals surface area contributed by atoms with E-state index >= 15 is 0 Å². The van der Waals surface area contributed by atoms with Gasteiger partial charge in [0.1, 0.15) is 11.6 Å². The van der Waals surface area contributed by atoms with Gasteiger partial charge in [0.05, 0.1) is 35.7 Å². The monoisotopic (exact) mass is 418 g/mol. The standard InChI is InChI=1S/C24H20F2N4O/c25-18-7-4-8-19(26)22(18)17-6-3-5-16-15-27-24(29-23(16)17)28-20-9-1-2-10-21(20)30-11-13-31-14-12-30/h1-10,15H,11-14H2,(H,27,28,29). The normalized spacial score (nSPS) is 14.1. The first kappa shape index (κ1) is 19.4. The van der Waals surface area contributed by atoms with Crippen LogP contribution in [0, 0.1) is 11.6 Å². The smallest absolute Gasteiger partial charge is 0.227 e. The van der Waals surface area contributed by atoms with Crippen LogP contribution in [0.5, 0.6) is 0 Å². The van der Waals surface area contributed by atoms with E-state index in [4.69, 9.17) is 4.74 Å². The number of ether oxygens (including phenoxy) is 1. The number of hydrogen-bond donors (Lipinski definition) is 1. The summed E-state index contributed by atoms with van der Waals surface area (Å²) >= 11 is 0. The highest BCUT2D eigenvalue weighted by Gasteiger charge is 2.17. The van der Waals surface area contributed by atoms with Gasteiger partial charge < -0.3 is 15.0 Å². The predicted molar refractivity (Wildman–Crippen MR) is 118 cm³/mol. The quantitative estimate of drug-likeness (QED) is 0.496. The first-order valence-electron chi connectivity index (χ1n) is 10.1. The molecule has 1 saturated heterocycles. The van der Waals surface area contributed by atoms with Crippen LogP contribution in [-0.2, 0) is 4.74 Å². The molecule has 1 aromatic heterocycles. The first-order valence-corrected chi connectivity index (χ1v) is 10.1. The second kappa shape index (κ2) is 8.28. The highest BCUT2D eigenvalue weighted by atomic mass is 19.1. The maximum Gasteiger partial charge on any atom is 0.227 e. The molecule has 0 bridgehead atoms. The molecule has 1 aliphatic heterocycles. The molecule has 4 aromatic rings. The van der Waals surface area contributed by atoms with Crippen molar-refractivity contribution in [1.82, 2.24) is 9.97 Å². The lowest BCUT2D eigenvalue weighted by Crippen LogP contribution is -2.36. The molecular formula is C24H20F2N4O. The number of benzene rings is 3. The molecule has 0 amide bonds. The summed E-state index contributed by atoms with van der Waals surface area (Å²) in [7, 11) is 0. The van der Waals surface area contributed by atoms with E-state index in [9.17, 15) is 8.78 Å². The highest BCUT2D eigenvalue weighted by Crippen LogP contribution is 2.33. The number of para-hydroxylation sites is 3. The van der Waals surface area contributed by atoms with Crippen LogP contribution in [0.3, 0.4) is 0 Å². The number of fused-ring (bicyclic) bond motifs is 1. The molecule has 1 aliphatic rings. The SMILES string of the molecule is Fc1cccc(F)c1-c1cccc2cnc(Nc3ccccc3N3CCOCC3)nc12. The van der Waals surface area contributed by atoms with Crippen LogP contribution in [0.25, 0.3) is 22.0 Å². The number of hydrogen-bond acceptors (Lipinski definition) is 5. The molecule has 3 aromatic carbocycles. The fourth-order valence-electron chi connectivity index (χ4n) is 3.85. The highest BCUT2D eigenvalue weighted by molar-refractivity contribution is 5.94. The molecule has 1 N–H and O–H groups in total. The summed E-state index contributed by atoms with van der Waals surface area (Å²) in [6.45, 7) is 2.96. The van der Waals surface area contributed by atoms with Gasteiger partial charge in [-0.2, -0.15) is 0 Å². The van der Waals surface area contributed by atoms with Gasteiger partial charge in [-0.05, 0) is 24.3 Å². The van der Waals surface area contributed by atoms with Crippen molar-refractivity contribution >= 4 is 28.2 Å². The van der Waals surface area contributed by atoms with Crippen LogP contribution in [-0.4, -0.2) is 36.3 Å². The second-order valence-electron chi connectivity index (χ2n) is 7.28. The Morgan fingerprint density at radius 3 is 2.42 bits per heavy atom. The van der Waals surface area contributed by atoms with Crippen molar-refractivity contribution < 1.29 is 13.5 Å². The number of rotatable bonds is 4. The molecule has 0 unspecified atom stereocenters. The van der Waals surface area contributed by atoms with E-state index in [-0.39, 0.29) is 5.56 Å². The summed E-state index contributed by atoms with van der Waals surface area (Å²) in [4.78, 5) is 11.3. The maximum atomic E-state index is 14.5. The average molecular weight is 418 g/mol. The molecule has 0 saturated carbocycles. The molecule has 5 nitrogen and oxygen atoms in total. The third-order valence-corrected chi connectivity index (χ3v) is 5.35. The lowest BCUT2D eigenvalue weighted by Gasteiger charge is -2.30. The molecule has 0 aliphatic carbocycles. The van der Waals surface area contributed by atoms with Crippen molar-refractivity contribution in [2.75, 3.05) is 36.5 Å². The summed E-state index contributed by atoms with van der Waals surface area (Å²) < 4.78 is 34.4. The lowest BCUT2D eigenvalue weighted by atomic mass is 10.0. The van der Waals surface area contributed by atoms with Crippen LogP contribution in [0.15, 0.2) is 66.9 Å². The Balaban J connectivity index is 1.56. The van der Waals surface area contributed by atoms with Crippen molar-refractivity contribution in [2.24, 2.45) is 0 Å². The zero-order chi connectivity index (χ0) is 21.2. The summed E-state index contributed by atoms with van der Waals surface area (Å²) in [5, 5.41) is 3.98. The minimum Gasteiger partial charge on any atom is -0.378 e. The van der Waals surface area contributed by atoms with E-state index in [2.05, 4.69) is 20.2 Å². The third-order valence-electron chi connectivity index (χ3n) is 5.35. The predicted octanol–water partition coefficient (Wildman–Crippen LogP) is 5.16. The topological polar surface area (TPSA) is 50.3 Å². The number of anilines is 3. The van der Waals surface area contributed by atoms with E-state index in [1.165, 1.54) is 18.2 Å². The Bertz CT molecular complexity index is 1220. The second-order valence-corrected chi connectivity index (χ2v) is 7.28. The molecular weight excluding hydrogens is 398 g/mol. The number of halogens is 2. The molecule has 156 valence electrons. The van der Waals surface area contributed by atoms with Gasteiger partial charge in [0.15, 0.2) is 0 Å². The van der Waals surface area contributed by atoms with Crippen molar-refractivity contribution in [2.45, 2.75) is 0 Å². The Labute approximate surface area is 178 Å². The Morgan fingerprint density at radius 2 is 1.61 bits per heavy atom.